The van der Waals surface area contributed by atoms with Gasteiger partial charge in [-0.3, -0.25) is 0 Å². The van der Waals surface area contributed by atoms with Crippen molar-refractivity contribution >= 4 is 86.2 Å². The maximum atomic E-state index is 2.62. The number of rotatable bonds is 4. The minimum absolute atomic E-state index is 0.0215. The van der Waals surface area contributed by atoms with E-state index in [9.17, 15) is 0 Å². The summed E-state index contributed by atoms with van der Waals surface area (Å²) >= 11 is 0. The van der Waals surface area contributed by atoms with E-state index < -0.39 is 0 Å². The molecule has 372 valence electrons. The molecule has 0 amide bonds. The number of fused-ring (bicyclic) bond motifs is 8. The van der Waals surface area contributed by atoms with Crippen LogP contribution in [0.15, 0.2) is 194 Å². The van der Waals surface area contributed by atoms with Crippen molar-refractivity contribution in [2.75, 3.05) is 0 Å². The van der Waals surface area contributed by atoms with Gasteiger partial charge in [0.15, 0.2) is 0 Å². The zero-order valence-electron chi connectivity index (χ0n) is 46.5. The molecule has 76 heavy (non-hydrogen) atoms. The van der Waals surface area contributed by atoms with E-state index in [1.165, 1.54) is 153 Å². The van der Waals surface area contributed by atoms with Gasteiger partial charge < -0.3 is 0 Å². The van der Waals surface area contributed by atoms with Crippen molar-refractivity contribution in [3.63, 3.8) is 0 Å². The van der Waals surface area contributed by atoms with Crippen molar-refractivity contribution in [1.29, 1.82) is 0 Å². The molecule has 0 unspecified atom stereocenters. The SMILES string of the molecule is CC(C)(C)c1ccc(-c2c3ccccc3c3c4cc5c(-c6ccc(C(C)(C)C)cc6)c6cccc7c(-c8ccc(C(C)(C)C)cc8)c8ccccc8c(c5cc4c(-c4ccc(C(C)(C)C)cc4)c4cccc2c43)c76)cc1. The average Bonchev–Trinajstić information content (AvgIpc) is 3.52. The van der Waals surface area contributed by atoms with Crippen molar-refractivity contribution in [2.45, 2.75) is 105 Å². The Kier molecular flexibility index (Phi) is 10.6. The predicted molar refractivity (Wildman–Crippen MR) is 334 cm³/mol. The standard InChI is InChI=1S/C76H68/c1-73(2,3)49-35-27-45(28-36-49)65-53-19-13-15-21-55(53)69-63-43-62-64(44-61(63)67(59-25-17-23-57(65)71(59)69)47-31-39-51(40-32-47)75(7,8)9)70-56-22-16-14-20-54(56)66(46-29-37-50(38-30-46)74(4,5)6)58-24-18-26-60(72(58)70)68(62)48-33-41-52(42-34-48)76(10,11)12/h13-44H,1-12H3. The fraction of sp³-hybridized carbons (Fsp3) is 0.211. The second-order valence-electron chi connectivity index (χ2n) is 26.1. The molecule has 13 rings (SSSR count). The van der Waals surface area contributed by atoms with E-state index in [2.05, 4.69) is 277 Å². The van der Waals surface area contributed by atoms with Crippen LogP contribution >= 0.6 is 0 Å². The summed E-state index contributed by atoms with van der Waals surface area (Å²) in [5.74, 6) is 0. The van der Waals surface area contributed by atoms with Crippen molar-refractivity contribution in [2.24, 2.45) is 0 Å². The summed E-state index contributed by atoms with van der Waals surface area (Å²) in [4.78, 5) is 0. The summed E-state index contributed by atoms with van der Waals surface area (Å²) in [6.45, 7) is 27.7. The summed E-state index contributed by atoms with van der Waals surface area (Å²) in [7, 11) is 0. The highest BCUT2D eigenvalue weighted by atomic mass is 14.3. The highest BCUT2D eigenvalue weighted by Gasteiger charge is 2.27. The second-order valence-corrected chi connectivity index (χ2v) is 26.1. The molecule has 0 atom stereocenters. The van der Waals surface area contributed by atoms with Gasteiger partial charge in [-0.1, -0.05) is 265 Å². The Morgan fingerprint density at radius 1 is 0.184 bits per heavy atom. The minimum Gasteiger partial charge on any atom is -0.0616 e. The molecule has 0 N–H and O–H groups in total. The van der Waals surface area contributed by atoms with Crippen LogP contribution in [-0.4, -0.2) is 0 Å². The first-order valence-electron chi connectivity index (χ1n) is 27.6. The van der Waals surface area contributed by atoms with E-state index in [0.717, 1.165) is 0 Å². The van der Waals surface area contributed by atoms with Crippen LogP contribution < -0.4 is 0 Å². The van der Waals surface area contributed by atoms with E-state index >= 15 is 0 Å². The molecular weight excluding hydrogens is 913 g/mol. The van der Waals surface area contributed by atoms with Gasteiger partial charge in [0.1, 0.15) is 0 Å². The smallest absolute Gasteiger partial charge is 0.00134 e. The molecule has 0 saturated carbocycles. The van der Waals surface area contributed by atoms with Gasteiger partial charge in [-0.25, -0.2) is 0 Å². The lowest BCUT2D eigenvalue weighted by atomic mass is 9.78. The van der Waals surface area contributed by atoms with Crippen LogP contribution in [0.3, 0.4) is 0 Å². The Labute approximate surface area is 449 Å². The van der Waals surface area contributed by atoms with Gasteiger partial charge in [-0.05, 0) is 187 Å². The first-order valence-corrected chi connectivity index (χ1v) is 27.6. The summed E-state index contributed by atoms with van der Waals surface area (Å²) < 4.78 is 0. The van der Waals surface area contributed by atoms with Crippen molar-refractivity contribution < 1.29 is 0 Å². The molecule has 0 heteroatoms. The summed E-state index contributed by atoms with van der Waals surface area (Å²) in [5, 5.41) is 20.6. The van der Waals surface area contributed by atoms with Gasteiger partial charge in [-0.15, -0.1) is 0 Å². The van der Waals surface area contributed by atoms with E-state index in [1.54, 1.807) is 0 Å². The molecule has 0 aliphatic heterocycles. The molecule has 0 nitrogen and oxygen atoms in total. The third kappa shape index (κ3) is 7.46. The number of benzene rings is 13. The van der Waals surface area contributed by atoms with Gasteiger partial charge in [0, 0.05) is 0 Å². The molecule has 0 radical (unpaired) electrons. The fourth-order valence-corrected chi connectivity index (χ4v) is 12.9. The zero-order chi connectivity index (χ0) is 52.8. The minimum atomic E-state index is 0.0215. The molecule has 13 aromatic rings. The van der Waals surface area contributed by atoms with Crippen LogP contribution in [0.1, 0.15) is 105 Å². The molecular formula is C76H68. The Hall–Kier alpha value is -7.80. The molecule has 0 aliphatic rings. The Balaban J connectivity index is 1.25. The average molecular weight is 981 g/mol. The Morgan fingerprint density at radius 3 is 0.645 bits per heavy atom. The summed E-state index contributed by atoms with van der Waals surface area (Å²) in [6, 6.07) is 75.7. The predicted octanol–water partition coefficient (Wildman–Crippen LogP) is 22.2. The Bertz CT molecular complexity index is 4170. The Morgan fingerprint density at radius 2 is 0.395 bits per heavy atom. The van der Waals surface area contributed by atoms with Crippen LogP contribution in [0.25, 0.3) is 131 Å². The highest BCUT2D eigenvalue weighted by molar-refractivity contribution is 6.42. The third-order valence-corrected chi connectivity index (χ3v) is 17.0. The van der Waals surface area contributed by atoms with Gasteiger partial charge in [0.25, 0.3) is 0 Å². The first kappa shape index (κ1) is 47.9. The molecule has 0 aromatic heterocycles. The second kappa shape index (κ2) is 16.9. The van der Waals surface area contributed by atoms with Crippen LogP contribution in [-0.2, 0) is 21.7 Å². The summed E-state index contributed by atoms with van der Waals surface area (Å²) in [5.41, 5.74) is 15.6. The van der Waals surface area contributed by atoms with Crippen molar-refractivity contribution in [3.05, 3.63) is 216 Å². The molecule has 13 aromatic carbocycles. The summed E-state index contributed by atoms with van der Waals surface area (Å²) in [6.07, 6.45) is 0. The van der Waals surface area contributed by atoms with Crippen LogP contribution in [0.2, 0.25) is 0 Å². The van der Waals surface area contributed by atoms with Crippen molar-refractivity contribution in [1.82, 2.24) is 0 Å². The van der Waals surface area contributed by atoms with Crippen LogP contribution in [0, 0.1) is 0 Å². The molecule has 0 aliphatic carbocycles. The molecule has 0 fully saturated rings. The monoisotopic (exact) mass is 981 g/mol. The van der Waals surface area contributed by atoms with Gasteiger partial charge in [0.05, 0.1) is 0 Å². The molecule has 0 bridgehead atoms. The van der Waals surface area contributed by atoms with Gasteiger partial charge in [0.2, 0.25) is 0 Å². The van der Waals surface area contributed by atoms with Crippen molar-refractivity contribution in [3.8, 4) is 44.5 Å². The normalized spacial score (nSPS) is 13.0. The van der Waals surface area contributed by atoms with Crippen LogP contribution in [0.4, 0.5) is 0 Å². The maximum Gasteiger partial charge on any atom is -0.00134 e. The lowest BCUT2D eigenvalue weighted by Gasteiger charge is -2.25. The third-order valence-electron chi connectivity index (χ3n) is 17.0. The highest BCUT2D eigenvalue weighted by Crippen LogP contribution is 2.54. The van der Waals surface area contributed by atoms with Crippen LogP contribution in [0.5, 0.6) is 0 Å². The lowest BCUT2D eigenvalue weighted by molar-refractivity contribution is 0.590. The quantitative estimate of drug-likeness (QED) is 0.122. The fourth-order valence-electron chi connectivity index (χ4n) is 12.9. The maximum absolute atomic E-state index is 2.62. The molecule has 0 spiro atoms. The zero-order valence-corrected chi connectivity index (χ0v) is 46.5. The first-order chi connectivity index (χ1) is 36.3. The van der Waals surface area contributed by atoms with E-state index in [4.69, 9.17) is 0 Å². The van der Waals surface area contributed by atoms with E-state index in [-0.39, 0.29) is 21.7 Å². The topological polar surface area (TPSA) is 0 Å². The lowest BCUT2D eigenvalue weighted by Crippen LogP contribution is -2.10. The molecule has 0 heterocycles. The van der Waals surface area contributed by atoms with Gasteiger partial charge >= 0.3 is 0 Å². The number of hydrogen-bond acceptors (Lipinski definition) is 0. The number of hydrogen-bond donors (Lipinski definition) is 0. The largest absolute Gasteiger partial charge is 0.0616 e. The van der Waals surface area contributed by atoms with E-state index in [1.807, 2.05) is 0 Å². The van der Waals surface area contributed by atoms with Gasteiger partial charge in [-0.2, -0.15) is 0 Å². The van der Waals surface area contributed by atoms with E-state index in [0.29, 0.717) is 0 Å². The molecule has 0 saturated heterocycles.